The zero-order valence-electron chi connectivity index (χ0n) is 13.8. The normalized spacial score (nSPS) is 12.4. The van der Waals surface area contributed by atoms with Crippen LogP contribution in [0.2, 0.25) is 0 Å². The van der Waals surface area contributed by atoms with Gasteiger partial charge in [-0.3, -0.25) is 4.79 Å². The summed E-state index contributed by atoms with van der Waals surface area (Å²) in [5.74, 6) is 0.445. The van der Waals surface area contributed by atoms with Crippen LogP contribution in [0.25, 0.3) is 0 Å². The SMILES string of the molecule is CCNCc1cccc(NC(=O)CC(C)C(C)(C)C)c1.Cl. The third-order valence-electron chi connectivity index (χ3n) is 3.76. The molecule has 21 heavy (non-hydrogen) atoms. The Morgan fingerprint density at radius 1 is 1.29 bits per heavy atom. The van der Waals surface area contributed by atoms with E-state index in [0.29, 0.717) is 12.3 Å². The van der Waals surface area contributed by atoms with Gasteiger partial charge in [-0.2, -0.15) is 0 Å². The maximum absolute atomic E-state index is 12.1. The van der Waals surface area contributed by atoms with E-state index in [1.54, 1.807) is 0 Å². The van der Waals surface area contributed by atoms with Gasteiger partial charge in [-0.15, -0.1) is 12.4 Å². The molecule has 2 N–H and O–H groups in total. The Morgan fingerprint density at radius 2 is 1.95 bits per heavy atom. The van der Waals surface area contributed by atoms with Crippen molar-refractivity contribution in [3.05, 3.63) is 29.8 Å². The lowest BCUT2D eigenvalue weighted by Gasteiger charge is -2.26. The van der Waals surface area contributed by atoms with Crippen LogP contribution in [0.3, 0.4) is 0 Å². The first kappa shape index (κ1) is 19.9. The number of hydrogen-bond acceptors (Lipinski definition) is 2. The summed E-state index contributed by atoms with van der Waals surface area (Å²) in [6.45, 7) is 12.5. The molecule has 0 spiro atoms. The molecule has 0 fully saturated rings. The lowest BCUT2D eigenvalue weighted by atomic mass is 9.80. The molecule has 0 aliphatic rings. The summed E-state index contributed by atoms with van der Waals surface area (Å²) in [5, 5.41) is 6.28. The molecule has 120 valence electrons. The maximum Gasteiger partial charge on any atom is 0.224 e. The van der Waals surface area contributed by atoms with Crippen molar-refractivity contribution in [3.63, 3.8) is 0 Å². The van der Waals surface area contributed by atoms with Crippen LogP contribution in [0.1, 0.15) is 46.6 Å². The van der Waals surface area contributed by atoms with Gasteiger partial charge in [-0.05, 0) is 35.6 Å². The van der Waals surface area contributed by atoms with E-state index in [4.69, 9.17) is 0 Å². The van der Waals surface area contributed by atoms with E-state index in [-0.39, 0.29) is 23.7 Å². The highest BCUT2D eigenvalue weighted by Crippen LogP contribution is 2.28. The van der Waals surface area contributed by atoms with E-state index >= 15 is 0 Å². The summed E-state index contributed by atoms with van der Waals surface area (Å²) in [7, 11) is 0. The van der Waals surface area contributed by atoms with Crippen LogP contribution in [0.5, 0.6) is 0 Å². The second-order valence-corrected chi connectivity index (χ2v) is 6.50. The van der Waals surface area contributed by atoms with Crippen molar-refractivity contribution in [1.82, 2.24) is 5.32 Å². The minimum atomic E-state index is 0. The summed E-state index contributed by atoms with van der Waals surface area (Å²) in [6.07, 6.45) is 0.556. The van der Waals surface area contributed by atoms with Crippen LogP contribution in [0, 0.1) is 11.3 Å². The summed E-state index contributed by atoms with van der Waals surface area (Å²) in [5.41, 5.74) is 2.23. The molecule has 1 atom stereocenters. The van der Waals surface area contributed by atoms with Gasteiger partial charge in [0.1, 0.15) is 0 Å². The van der Waals surface area contributed by atoms with Gasteiger partial charge in [0.2, 0.25) is 5.91 Å². The molecule has 0 bridgehead atoms. The van der Waals surface area contributed by atoms with Gasteiger partial charge in [0.25, 0.3) is 0 Å². The van der Waals surface area contributed by atoms with Crippen molar-refractivity contribution >= 4 is 24.0 Å². The molecule has 4 heteroatoms. The highest BCUT2D eigenvalue weighted by molar-refractivity contribution is 5.90. The summed E-state index contributed by atoms with van der Waals surface area (Å²) >= 11 is 0. The topological polar surface area (TPSA) is 41.1 Å². The second kappa shape index (κ2) is 9.06. The predicted octanol–water partition coefficient (Wildman–Crippen LogP) is 4.23. The molecular formula is C17H29ClN2O. The minimum Gasteiger partial charge on any atom is -0.326 e. The van der Waals surface area contributed by atoms with Crippen LogP contribution in [-0.2, 0) is 11.3 Å². The zero-order valence-corrected chi connectivity index (χ0v) is 14.6. The van der Waals surface area contributed by atoms with Gasteiger partial charge < -0.3 is 10.6 Å². The number of rotatable bonds is 6. The Balaban J connectivity index is 0.00000400. The van der Waals surface area contributed by atoms with Crippen molar-refractivity contribution in [2.75, 3.05) is 11.9 Å². The summed E-state index contributed by atoms with van der Waals surface area (Å²) in [6, 6.07) is 8.02. The summed E-state index contributed by atoms with van der Waals surface area (Å²) < 4.78 is 0. The molecule has 1 aromatic rings. The predicted molar refractivity (Wildman–Crippen MR) is 92.9 cm³/mol. The maximum atomic E-state index is 12.1. The highest BCUT2D eigenvalue weighted by atomic mass is 35.5. The van der Waals surface area contributed by atoms with E-state index in [1.807, 2.05) is 18.2 Å². The van der Waals surface area contributed by atoms with Crippen molar-refractivity contribution < 1.29 is 4.79 Å². The van der Waals surface area contributed by atoms with Gasteiger partial charge in [-0.1, -0.05) is 46.8 Å². The lowest BCUT2D eigenvalue weighted by molar-refractivity contribution is -0.117. The fraction of sp³-hybridized carbons (Fsp3) is 0.588. The average molecular weight is 313 g/mol. The molecule has 0 aromatic heterocycles. The Morgan fingerprint density at radius 3 is 2.52 bits per heavy atom. The lowest BCUT2D eigenvalue weighted by Crippen LogP contribution is -2.24. The third kappa shape index (κ3) is 7.49. The van der Waals surface area contributed by atoms with E-state index in [9.17, 15) is 4.79 Å². The molecule has 0 radical (unpaired) electrons. The van der Waals surface area contributed by atoms with E-state index in [0.717, 1.165) is 18.8 Å². The number of anilines is 1. The molecule has 0 saturated heterocycles. The molecule has 0 aliphatic carbocycles. The third-order valence-corrected chi connectivity index (χ3v) is 3.76. The van der Waals surface area contributed by atoms with Crippen LogP contribution in [0.4, 0.5) is 5.69 Å². The molecule has 1 aromatic carbocycles. The molecule has 0 aliphatic heterocycles. The standard InChI is InChI=1S/C17H28N2O.ClH/c1-6-18-12-14-8-7-9-15(11-14)19-16(20)10-13(2)17(3,4)5;/h7-9,11,13,18H,6,10,12H2,1-5H3,(H,19,20);1H. The van der Waals surface area contributed by atoms with Crippen molar-refractivity contribution in [3.8, 4) is 0 Å². The largest absolute Gasteiger partial charge is 0.326 e. The van der Waals surface area contributed by atoms with Crippen molar-refractivity contribution in [2.24, 2.45) is 11.3 Å². The minimum absolute atomic E-state index is 0. The van der Waals surface area contributed by atoms with Crippen LogP contribution in [-0.4, -0.2) is 12.5 Å². The molecule has 1 unspecified atom stereocenters. The molecule has 0 saturated carbocycles. The molecule has 1 rings (SSSR count). The van der Waals surface area contributed by atoms with Crippen LogP contribution < -0.4 is 10.6 Å². The van der Waals surface area contributed by atoms with Gasteiger partial charge in [-0.25, -0.2) is 0 Å². The number of hydrogen-bond donors (Lipinski definition) is 2. The van der Waals surface area contributed by atoms with Crippen LogP contribution >= 0.6 is 12.4 Å². The molecule has 3 nitrogen and oxygen atoms in total. The average Bonchev–Trinajstić information content (AvgIpc) is 2.35. The highest BCUT2D eigenvalue weighted by Gasteiger charge is 2.22. The smallest absolute Gasteiger partial charge is 0.224 e. The van der Waals surface area contributed by atoms with E-state index in [1.165, 1.54) is 5.56 Å². The van der Waals surface area contributed by atoms with Gasteiger partial charge >= 0.3 is 0 Å². The quantitative estimate of drug-likeness (QED) is 0.825. The fourth-order valence-electron chi connectivity index (χ4n) is 1.82. The number of benzene rings is 1. The van der Waals surface area contributed by atoms with Crippen molar-refractivity contribution in [2.45, 2.75) is 47.6 Å². The number of halogens is 1. The Labute approximate surface area is 135 Å². The van der Waals surface area contributed by atoms with Crippen molar-refractivity contribution in [1.29, 1.82) is 0 Å². The molecular weight excluding hydrogens is 284 g/mol. The first-order chi connectivity index (χ1) is 9.32. The number of carbonyl (C=O) groups is 1. The Kier molecular flexibility index (Phi) is 8.60. The van der Waals surface area contributed by atoms with E-state index < -0.39 is 0 Å². The monoisotopic (exact) mass is 312 g/mol. The van der Waals surface area contributed by atoms with Gasteiger partial charge in [0, 0.05) is 18.7 Å². The Hall–Kier alpha value is -1.06. The fourth-order valence-corrected chi connectivity index (χ4v) is 1.82. The zero-order chi connectivity index (χ0) is 15.2. The van der Waals surface area contributed by atoms with Gasteiger partial charge in [0.15, 0.2) is 0 Å². The second-order valence-electron chi connectivity index (χ2n) is 6.50. The molecule has 1 amide bonds. The molecule has 0 heterocycles. The Bertz CT molecular complexity index is 441. The number of nitrogens with one attached hydrogen (secondary N) is 2. The van der Waals surface area contributed by atoms with Crippen LogP contribution in [0.15, 0.2) is 24.3 Å². The first-order valence-corrected chi connectivity index (χ1v) is 7.42. The van der Waals surface area contributed by atoms with Gasteiger partial charge in [0.05, 0.1) is 0 Å². The van der Waals surface area contributed by atoms with E-state index in [2.05, 4.69) is 51.3 Å². The number of amides is 1. The first-order valence-electron chi connectivity index (χ1n) is 7.42. The number of carbonyl (C=O) groups excluding carboxylic acids is 1. The summed E-state index contributed by atoms with van der Waals surface area (Å²) in [4.78, 5) is 12.1.